The Bertz CT molecular complexity index is 1140. The third kappa shape index (κ3) is 6.77. The average Bonchev–Trinajstić information content (AvgIpc) is 3.13. The number of ether oxygens (including phenoxy) is 1. The molecule has 6 nitrogen and oxygen atoms in total. The zero-order valence-corrected chi connectivity index (χ0v) is 22.5. The van der Waals surface area contributed by atoms with Crippen LogP contribution in [0.1, 0.15) is 63.0 Å². The molecular weight excluding hydrogens is 533 g/mol. The molecule has 2 aromatic rings. The number of alkyl halides is 5. The molecule has 3 atom stereocenters. The van der Waals surface area contributed by atoms with E-state index < -0.39 is 36.6 Å². The molecule has 1 heterocycles. The van der Waals surface area contributed by atoms with Crippen LogP contribution in [0, 0.1) is 17.3 Å². The molecule has 1 aromatic heterocycles. The maximum atomic E-state index is 13.4. The van der Waals surface area contributed by atoms with Crippen LogP contribution >= 0.6 is 11.6 Å². The monoisotopic (exact) mass is 565 g/mol. The van der Waals surface area contributed by atoms with Gasteiger partial charge in [0.05, 0.1) is 22.2 Å². The summed E-state index contributed by atoms with van der Waals surface area (Å²) in [5.74, 6) is -0.668. The number of aliphatic hydroxyl groups is 1. The molecule has 38 heavy (non-hydrogen) atoms. The molecule has 1 fully saturated rings. The number of carbonyl (C=O) groups is 1. The van der Waals surface area contributed by atoms with E-state index in [1.54, 1.807) is 6.92 Å². The first-order chi connectivity index (χ1) is 17.6. The van der Waals surface area contributed by atoms with Gasteiger partial charge in [-0.2, -0.15) is 27.1 Å². The van der Waals surface area contributed by atoms with Gasteiger partial charge in [0.1, 0.15) is 5.75 Å². The Balaban J connectivity index is 1.92. The van der Waals surface area contributed by atoms with Gasteiger partial charge < -0.3 is 15.2 Å². The second-order valence-electron chi connectivity index (χ2n) is 10.6. The Hall–Kier alpha value is -2.40. The molecule has 3 rings (SSSR count). The number of rotatable bonds is 9. The van der Waals surface area contributed by atoms with Crippen molar-refractivity contribution in [3.63, 3.8) is 0 Å². The molecule has 1 aliphatic rings. The molecule has 1 aliphatic carbocycles. The van der Waals surface area contributed by atoms with Crippen molar-refractivity contribution >= 4 is 17.5 Å². The SMILES string of the molecule is CCn1nc(C(=O)NC[C@H]2CC[C@H](C)C[C@@H]2O)c(Cl)c1-c1ccc(CC(C)(C)C(F)(F)F)cc1OC(F)F. The van der Waals surface area contributed by atoms with Crippen molar-refractivity contribution in [2.24, 2.45) is 17.3 Å². The van der Waals surface area contributed by atoms with Gasteiger partial charge in [0.2, 0.25) is 0 Å². The van der Waals surface area contributed by atoms with Crippen LogP contribution in [0.4, 0.5) is 22.0 Å². The van der Waals surface area contributed by atoms with Gasteiger partial charge >= 0.3 is 12.8 Å². The van der Waals surface area contributed by atoms with Gasteiger partial charge in [0, 0.05) is 24.6 Å². The number of benzene rings is 1. The second-order valence-corrected chi connectivity index (χ2v) is 10.9. The third-order valence-electron chi connectivity index (χ3n) is 7.08. The van der Waals surface area contributed by atoms with Crippen molar-refractivity contribution < 1.29 is 36.6 Å². The van der Waals surface area contributed by atoms with E-state index in [4.69, 9.17) is 11.6 Å². The summed E-state index contributed by atoms with van der Waals surface area (Å²) in [7, 11) is 0. The number of hydrogen-bond donors (Lipinski definition) is 2. The number of nitrogens with one attached hydrogen (secondary N) is 1. The molecule has 0 saturated heterocycles. The Morgan fingerprint density at radius 1 is 1.29 bits per heavy atom. The summed E-state index contributed by atoms with van der Waals surface area (Å²) < 4.78 is 72.8. The first-order valence-electron chi connectivity index (χ1n) is 12.5. The van der Waals surface area contributed by atoms with Crippen molar-refractivity contribution in [3.8, 4) is 17.0 Å². The number of aliphatic hydroxyl groups excluding tert-OH is 1. The lowest BCUT2D eigenvalue weighted by atomic mass is 9.81. The predicted octanol–water partition coefficient (Wildman–Crippen LogP) is 6.48. The van der Waals surface area contributed by atoms with Gasteiger partial charge in [-0.25, -0.2) is 0 Å². The van der Waals surface area contributed by atoms with Crippen molar-refractivity contribution in [1.29, 1.82) is 0 Å². The summed E-state index contributed by atoms with van der Waals surface area (Å²) in [6, 6.07) is 3.86. The molecule has 0 radical (unpaired) electrons. The van der Waals surface area contributed by atoms with Crippen LogP contribution in [0.25, 0.3) is 11.3 Å². The summed E-state index contributed by atoms with van der Waals surface area (Å²) in [6.07, 6.45) is -3.15. The Kier molecular flexibility index (Phi) is 9.34. The highest BCUT2D eigenvalue weighted by atomic mass is 35.5. The highest BCUT2D eigenvalue weighted by Gasteiger charge is 2.47. The lowest BCUT2D eigenvalue weighted by Crippen LogP contribution is -2.38. The van der Waals surface area contributed by atoms with Crippen molar-refractivity contribution in [1.82, 2.24) is 15.1 Å². The van der Waals surface area contributed by atoms with Crippen LogP contribution in [0.3, 0.4) is 0 Å². The molecule has 1 aromatic carbocycles. The molecule has 12 heteroatoms. The van der Waals surface area contributed by atoms with Crippen LogP contribution in [-0.4, -0.2) is 46.2 Å². The maximum absolute atomic E-state index is 13.4. The molecule has 0 unspecified atom stereocenters. The van der Waals surface area contributed by atoms with E-state index in [2.05, 4.69) is 22.1 Å². The third-order valence-corrected chi connectivity index (χ3v) is 7.44. The fraction of sp³-hybridized carbons (Fsp3) is 0.615. The van der Waals surface area contributed by atoms with E-state index in [0.29, 0.717) is 12.3 Å². The standard InChI is InChI=1S/C26H33ClF5N3O3/c1-5-35-22(20(27)21(34-35)23(37)33-13-16-8-6-14(2)10-18(16)36)17-9-7-15(11-19(17)38-24(28)29)12-25(3,4)26(30,31)32/h7,9,11,14,16,18,24,36H,5-6,8,10,12-13H2,1-4H3,(H,33,37)/t14-,16+,18-/m0/s1. The highest BCUT2D eigenvalue weighted by Crippen LogP contribution is 2.43. The summed E-state index contributed by atoms with van der Waals surface area (Å²) >= 11 is 6.54. The zero-order chi connectivity index (χ0) is 28.4. The molecule has 212 valence electrons. The molecule has 1 amide bonds. The smallest absolute Gasteiger partial charge is 0.394 e. The van der Waals surface area contributed by atoms with Gasteiger partial charge in [-0.15, -0.1) is 0 Å². The van der Waals surface area contributed by atoms with Gasteiger partial charge in [-0.05, 0) is 49.8 Å². The molecule has 0 spiro atoms. The van der Waals surface area contributed by atoms with E-state index in [0.717, 1.165) is 32.8 Å². The number of halogens is 6. The lowest BCUT2D eigenvalue weighted by Gasteiger charge is -2.31. The Labute approximate surface area is 223 Å². The Morgan fingerprint density at radius 3 is 2.55 bits per heavy atom. The number of amides is 1. The van der Waals surface area contributed by atoms with Gasteiger partial charge in [0.25, 0.3) is 5.91 Å². The van der Waals surface area contributed by atoms with Crippen LogP contribution in [0.5, 0.6) is 5.75 Å². The lowest BCUT2D eigenvalue weighted by molar-refractivity contribution is -0.211. The summed E-state index contributed by atoms with van der Waals surface area (Å²) in [5.41, 5.74) is -1.90. The molecule has 1 saturated carbocycles. The number of aromatic nitrogens is 2. The minimum atomic E-state index is -4.51. The zero-order valence-electron chi connectivity index (χ0n) is 21.7. The highest BCUT2D eigenvalue weighted by molar-refractivity contribution is 6.36. The predicted molar refractivity (Wildman–Crippen MR) is 133 cm³/mol. The maximum Gasteiger partial charge on any atom is 0.394 e. The van der Waals surface area contributed by atoms with E-state index >= 15 is 0 Å². The fourth-order valence-electron chi connectivity index (χ4n) is 4.71. The first-order valence-corrected chi connectivity index (χ1v) is 12.9. The fourth-order valence-corrected chi connectivity index (χ4v) is 5.03. The van der Waals surface area contributed by atoms with Gasteiger partial charge in [-0.3, -0.25) is 9.48 Å². The van der Waals surface area contributed by atoms with Gasteiger partial charge in [-0.1, -0.05) is 44.9 Å². The summed E-state index contributed by atoms with van der Waals surface area (Å²) in [4.78, 5) is 12.9. The van der Waals surface area contributed by atoms with Crippen LogP contribution < -0.4 is 10.1 Å². The summed E-state index contributed by atoms with van der Waals surface area (Å²) in [6.45, 7) is 3.02. The second kappa shape index (κ2) is 11.8. The molecule has 0 bridgehead atoms. The molecule has 0 aliphatic heterocycles. The summed E-state index contributed by atoms with van der Waals surface area (Å²) in [5, 5.41) is 17.2. The van der Waals surface area contributed by atoms with Crippen LogP contribution in [-0.2, 0) is 13.0 Å². The minimum absolute atomic E-state index is 0.0638. The Morgan fingerprint density at radius 2 is 1.97 bits per heavy atom. The van der Waals surface area contributed by atoms with E-state index in [9.17, 15) is 31.9 Å². The van der Waals surface area contributed by atoms with Gasteiger partial charge in [0.15, 0.2) is 5.69 Å². The molecular formula is C26H33ClF5N3O3. The normalized spacial score (nSPS) is 20.6. The van der Waals surface area contributed by atoms with E-state index in [1.165, 1.54) is 16.8 Å². The minimum Gasteiger partial charge on any atom is -0.434 e. The van der Waals surface area contributed by atoms with E-state index in [1.807, 2.05) is 0 Å². The number of hydrogen-bond acceptors (Lipinski definition) is 4. The molecule has 2 N–H and O–H groups in total. The van der Waals surface area contributed by atoms with Crippen molar-refractivity contribution in [3.05, 3.63) is 34.5 Å². The number of nitrogens with zero attached hydrogens (tertiary/aromatic N) is 2. The number of carbonyl (C=O) groups excluding carboxylic acids is 1. The first kappa shape index (κ1) is 30.1. The topological polar surface area (TPSA) is 76.4 Å². The van der Waals surface area contributed by atoms with Crippen molar-refractivity contribution in [2.45, 2.75) is 78.8 Å². The average molecular weight is 566 g/mol. The van der Waals surface area contributed by atoms with E-state index in [-0.39, 0.29) is 52.3 Å². The quantitative estimate of drug-likeness (QED) is 0.341. The van der Waals surface area contributed by atoms with Crippen LogP contribution in [0.15, 0.2) is 18.2 Å². The largest absolute Gasteiger partial charge is 0.434 e. The number of aryl methyl sites for hydroxylation is 1. The van der Waals surface area contributed by atoms with Crippen LogP contribution in [0.2, 0.25) is 5.02 Å². The van der Waals surface area contributed by atoms with Crippen molar-refractivity contribution in [2.75, 3.05) is 6.54 Å².